The highest BCUT2D eigenvalue weighted by atomic mass is 16.1. The number of allylic oxidation sites excluding steroid dienone is 1. The van der Waals surface area contributed by atoms with Gasteiger partial charge in [0.25, 0.3) is 0 Å². The van der Waals surface area contributed by atoms with Crippen LogP contribution in [0.25, 0.3) is 0 Å². The van der Waals surface area contributed by atoms with E-state index in [4.69, 9.17) is 5.73 Å². The maximum absolute atomic E-state index is 12.2. The Morgan fingerprint density at radius 1 is 1.13 bits per heavy atom. The standard InChI is InChI=1S/C21H33NO/c1-13(23)17-6-7-18-16-5-4-14-12-15(22)8-10-20(14,2)19(16)9-11-21(17,18)3/h4,15-19H,5-12,22H2,1-3H3/t15-,16-,17+,18-,19-,20-,21-/m1/s1. The van der Waals surface area contributed by atoms with Crippen molar-refractivity contribution < 1.29 is 4.79 Å². The number of fused-ring (bicyclic) bond motifs is 5. The number of hydrogen-bond acceptors (Lipinski definition) is 2. The number of carbonyl (C=O) groups is 1. The van der Waals surface area contributed by atoms with Gasteiger partial charge >= 0.3 is 0 Å². The third-order valence-electron chi connectivity index (χ3n) is 8.63. The Hall–Kier alpha value is -0.630. The second-order valence-electron chi connectivity index (χ2n) is 9.55. The summed E-state index contributed by atoms with van der Waals surface area (Å²) in [4.78, 5) is 12.2. The molecule has 4 rings (SSSR count). The van der Waals surface area contributed by atoms with E-state index in [1.807, 2.05) is 6.92 Å². The van der Waals surface area contributed by atoms with Crippen molar-refractivity contribution in [2.45, 2.75) is 78.2 Å². The molecule has 0 heterocycles. The zero-order chi connectivity index (χ0) is 16.4. The zero-order valence-electron chi connectivity index (χ0n) is 15.1. The molecule has 3 saturated carbocycles. The Morgan fingerprint density at radius 2 is 1.91 bits per heavy atom. The van der Waals surface area contributed by atoms with Crippen LogP contribution in [0.4, 0.5) is 0 Å². The van der Waals surface area contributed by atoms with E-state index in [9.17, 15) is 4.79 Å². The molecule has 0 saturated heterocycles. The normalized spacial score (nSPS) is 52.2. The van der Waals surface area contributed by atoms with Crippen LogP contribution in [0, 0.1) is 34.5 Å². The van der Waals surface area contributed by atoms with Crippen molar-refractivity contribution in [2.75, 3.05) is 0 Å². The number of ketones is 1. The van der Waals surface area contributed by atoms with Crippen LogP contribution in [0.5, 0.6) is 0 Å². The fraction of sp³-hybridized carbons (Fsp3) is 0.857. The molecule has 0 amide bonds. The molecule has 4 aliphatic rings. The number of Topliss-reactive ketones (excluding diaryl/α,β-unsaturated/α-hetero) is 1. The SMILES string of the molecule is CC(=O)[C@@H]1CC[C@@H]2[C@H]3CC=C4C[C@H](N)CC[C@@]4(C)[C@@H]3CC[C@@]21C. The lowest BCUT2D eigenvalue weighted by molar-refractivity contribution is -0.127. The summed E-state index contributed by atoms with van der Waals surface area (Å²) >= 11 is 0. The fourth-order valence-corrected chi connectivity index (χ4v) is 7.36. The molecule has 2 N–H and O–H groups in total. The Bertz CT molecular complexity index is 552. The fourth-order valence-electron chi connectivity index (χ4n) is 7.36. The summed E-state index contributed by atoms with van der Waals surface area (Å²) in [6.45, 7) is 6.79. The quantitative estimate of drug-likeness (QED) is 0.725. The minimum atomic E-state index is 0.278. The second-order valence-corrected chi connectivity index (χ2v) is 9.55. The van der Waals surface area contributed by atoms with Crippen LogP contribution in [-0.4, -0.2) is 11.8 Å². The molecule has 0 bridgehead atoms. The van der Waals surface area contributed by atoms with Crippen LogP contribution >= 0.6 is 0 Å². The summed E-state index contributed by atoms with van der Waals surface area (Å²) in [5, 5.41) is 0. The highest BCUT2D eigenvalue weighted by molar-refractivity contribution is 5.79. The van der Waals surface area contributed by atoms with E-state index in [1.54, 1.807) is 5.57 Å². The second kappa shape index (κ2) is 5.18. The van der Waals surface area contributed by atoms with Gasteiger partial charge in [0, 0.05) is 12.0 Å². The van der Waals surface area contributed by atoms with E-state index in [0.29, 0.717) is 23.2 Å². The van der Waals surface area contributed by atoms with E-state index >= 15 is 0 Å². The maximum atomic E-state index is 12.2. The van der Waals surface area contributed by atoms with Gasteiger partial charge < -0.3 is 5.73 Å². The van der Waals surface area contributed by atoms with Gasteiger partial charge in [0.1, 0.15) is 5.78 Å². The van der Waals surface area contributed by atoms with E-state index in [1.165, 1.54) is 38.5 Å². The number of nitrogens with two attached hydrogens (primary N) is 1. The molecular formula is C21H33NO. The maximum Gasteiger partial charge on any atom is 0.133 e. The lowest BCUT2D eigenvalue weighted by Crippen LogP contribution is -2.51. The van der Waals surface area contributed by atoms with Gasteiger partial charge in [0.2, 0.25) is 0 Å². The zero-order valence-corrected chi connectivity index (χ0v) is 15.1. The number of carbonyl (C=O) groups excluding carboxylic acids is 1. The Kier molecular flexibility index (Phi) is 3.58. The van der Waals surface area contributed by atoms with Crippen molar-refractivity contribution in [2.24, 2.45) is 40.2 Å². The molecule has 4 aliphatic carbocycles. The summed E-state index contributed by atoms with van der Waals surface area (Å²) in [5.41, 5.74) is 8.59. The monoisotopic (exact) mass is 315 g/mol. The Morgan fingerprint density at radius 3 is 2.65 bits per heavy atom. The van der Waals surface area contributed by atoms with Crippen molar-refractivity contribution in [3.63, 3.8) is 0 Å². The van der Waals surface area contributed by atoms with Crippen molar-refractivity contribution in [3.8, 4) is 0 Å². The van der Waals surface area contributed by atoms with Gasteiger partial charge in [-0.05, 0) is 86.9 Å². The van der Waals surface area contributed by atoms with Gasteiger partial charge in [0.15, 0.2) is 0 Å². The molecule has 7 atom stereocenters. The van der Waals surface area contributed by atoms with Gasteiger partial charge in [-0.25, -0.2) is 0 Å². The molecule has 0 unspecified atom stereocenters. The van der Waals surface area contributed by atoms with Gasteiger partial charge in [-0.3, -0.25) is 4.79 Å². The van der Waals surface area contributed by atoms with Gasteiger partial charge in [0.05, 0.1) is 0 Å². The topological polar surface area (TPSA) is 43.1 Å². The van der Waals surface area contributed by atoms with Crippen LogP contribution < -0.4 is 5.73 Å². The first-order valence-electron chi connectivity index (χ1n) is 9.82. The van der Waals surface area contributed by atoms with E-state index < -0.39 is 0 Å². The van der Waals surface area contributed by atoms with Gasteiger partial charge in [-0.15, -0.1) is 0 Å². The largest absolute Gasteiger partial charge is 0.327 e. The molecular weight excluding hydrogens is 282 g/mol. The first-order chi connectivity index (χ1) is 10.9. The molecule has 3 fully saturated rings. The molecule has 0 aromatic carbocycles. The van der Waals surface area contributed by atoms with E-state index in [2.05, 4.69) is 19.9 Å². The molecule has 0 aromatic heterocycles. The minimum absolute atomic E-state index is 0.278. The lowest BCUT2D eigenvalue weighted by Gasteiger charge is -2.58. The molecule has 0 spiro atoms. The van der Waals surface area contributed by atoms with E-state index in [-0.39, 0.29) is 5.41 Å². The third kappa shape index (κ3) is 2.13. The van der Waals surface area contributed by atoms with Crippen molar-refractivity contribution in [3.05, 3.63) is 11.6 Å². The smallest absolute Gasteiger partial charge is 0.133 e. The molecule has 0 radical (unpaired) electrons. The highest BCUT2D eigenvalue weighted by Crippen LogP contribution is 2.66. The predicted molar refractivity (Wildman–Crippen MR) is 93.8 cm³/mol. The lowest BCUT2D eigenvalue weighted by atomic mass is 9.47. The van der Waals surface area contributed by atoms with E-state index in [0.717, 1.165) is 30.6 Å². The summed E-state index contributed by atoms with van der Waals surface area (Å²) in [6.07, 6.45) is 12.4. The highest BCUT2D eigenvalue weighted by Gasteiger charge is 2.59. The van der Waals surface area contributed by atoms with Crippen LogP contribution in [0.3, 0.4) is 0 Å². The number of hydrogen-bond donors (Lipinski definition) is 1. The summed E-state index contributed by atoms with van der Waals surface area (Å²) < 4.78 is 0. The van der Waals surface area contributed by atoms with Crippen LogP contribution in [0.15, 0.2) is 11.6 Å². The van der Waals surface area contributed by atoms with Crippen LogP contribution in [0.2, 0.25) is 0 Å². The molecule has 23 heavy (non-hydrogen) atoms. The third-order valence-corrected chi connectivity index (χ3v) is 8.63. The summed E-state index contributed by atoms with van der Waals surface area (Å²) in [5.74, 6) is 3.17. The average Bonchev–Trinajstić information content (AvgIpc) is 2.85. The van der Waals surface area contributed by atoms with Crippen LogP contribution in [-0.2, 0) is 4.79 Å². The molecule has 128 valence electrons. The predicted octanol–water partition coefficient (Wildman–Crippen LogP) is 4.48. The molecule has 2 nitrogen and oxygen atoms in total. The summed E-state index contributed by atoms with van der Waals surface area (Å²) in [7, 11) is 0. The van der Waals surface area contributed by atoms with Crippen molar-refractivity contribution >= 4 is 5.78 Å². The van der Waals surface area contributed by atoms with Crippen molar-refractivity contribution in [1.82, 2.24) is 0 Å². The average molecular weight is 316 g/mol. The minimum Gasteiger partial charge on any atom is -0.327 e. The van der Waals surface area contributed by atoms with Crippen LogP contribution in [0.1, 0.15) is 72.1 Å². The first-order valence-corrected chi connectivity index (χ1v) is 9.82. The summed E-state index contributed by atoms with van der Waals surface area (Å²) in [6, 6.07) is 0.383. The molecule has 2 heteroatoms. The molecule has 0 aliphatic heterocycles. The molecule has 0 aromatic rings. The van der Waals surface area contributed by atoms with Gasteiger partial charge in [-0.2, -0.15) is 0 Å². The van der Waals surface area contributed by atoms with Crippen molar-refractivity contribution in [1.29, 1.82) is 0 Å². The first kappa shape index (κ1) is 15.9. The Balaban J connectivity index is 1.66. The Labute approximate surface area is 141 Å². The van der Waals surface area contributed by atoms with Gasteiger partial charge in [-0.1, -0.05) is 25.5 Å². The number of rotatable bonds is 1.